The van der Waals surface area contributed by atoms with Crippen LogP contribution in [0.2, 0.25) is 0 Å². The van der Waals surface area contributed by atoms with E-state index < -0.39 is 4.92 Å². The van der Waals surface area contributed by atoms with Gasteiger partial charge in [-0.1, -0.05) is 18.2 Å². The molecule has 7 heteroatoms. The monoisotopic (exact) mass is 290 g/mol. The molecule has 2 aromatic rings. The van der Waals surface area contributed by atoms with E-state index in [4.69, 9.17) is 5.84 Å². The molecule has 110 valence electrons. The molecule has 0 spiro atoms. The molecule has 4 N–H and O–H groups in total. The van der Waals surface area contributed by atoms with Gasteiger partial charge in [-0.15, -0.1) is 0 Å². The lowest BCUT2D eigenvalue weighted by molar-refractivity contribution is -0.383. The van der Waals surface area contributed by atoms with Gasteiger partial charge < -0.3 is 10.7 Å². The number of hydrazine groups is 1. The molecule has 6 nitrogen and oxygen atoms in total. The van der Waals surface area contributed by atoms with Crippen molar-refractivity contribution < 1.29 is 9.31 Å². The SMILES string of the molecule is NNc1cccc(NCCc2cccc(F)c2)c1[N+](=O)[O-]. The van der Waals surface area contributed by atoms with Gasteiger partial charge in [0.15, 0.2) is 0 Å². The normalized spacial score (nSPS) is 10.2. The smallest absolute Gasteiger partial charge is 0.316 e. The Hall–Kier alpha value is -2.67. The summed E-state index contributed by atoms with van der Waals surface area (Å²) in [5, 5.41) is 14.1. The van der Waals surface area contributed by atoms with Crippen molar-refractivity contribution >= 4 is 17.1 Å². The van der Waals surface area contributed by atoms with E-state index in [0.717, 1.165) is 5.56 Å². The molecule has 2 aromatic carbocycles. The van der Waals surface area contributed by atoms with Crippen LogP contribution < -0.4 is 16.6 Å². The molecule has 0 saturated carbocycles. The summed E-state index contributed by atoms with van der Waals surface area (Å²) in [6.07, 6.45) is 0.551. The highest BCUT2D eigenvalue weighted by Gasteiger charge is 2.18. The molecule has 21 heavy (non-hydrogen) atoms. The largest absolute Gasteiger partial charge is 0.379 e. The second-order valence-electron chi connectivity index (χ2n) is 4.41. The van der Waals surface area contributed by atoms with E-state index in [1.165, 1.54) is 18.2 Å². The number of rotatable bonds is 6. The van der Waals surface area contributed by atoms with Gasteiger partial charge in [0, 0.05) is 6.54 Å². The highest BCUT2D eigenvalue weighted by molar-refractivity contribution is 5.75. The van der Waals surface area contributed by atoms with Gasteiger partial charge in [-0.25, -0.2) is 4.39 Å². The number of nitro benzene ring substituents is 1. The molecule has 0 unspecified atom stereocenters. The van der Waals surface area contributed by atoms with E-state index in [1.54, 1.807) is 24.3 Å². The maximum absolute atomic E-state index is 13.1. The highest BCUT2D eigenvalue weighted by atomic mass is 19.1. The lowest BCUT2D eigenvalue weighted by Gasteiger charge is -2.10. The van der Waals surface area contributed by atoms with Gasteiger partial charge >= 0.3 is 5.69 Å². The molecule has 0 aliphatic rings. The van der Waals surface area contributed by atoms with Gasteiger partial charge in [0.05, 0.1) is 4.92 Å². The topological polar surface area (TPSA) is 93.2 Å². The summed E-state index contributed by atoms with van der Waals surface area (Å²) in [6.45, 7) is 0.443. The van der Waals surface area contributed by atoms with E-state index in [1.807, 2.05) is 0 Å². The maximum atomic E-state index is 13.1. The number of nitrogens with two attached hydrogens (primary N) is 1. The van der Waals surface area contributed by atoms with E-state index in [0.29, 0.717) is 18.7 Å². The van der Waals surface area contributed by atoms with Crippen molar-refractivity contribution in [2.24, 2.45) is 5.84 Å². The summed E-state index contributed by atoms with van der Waals surface area (Å²) < 4.78 is 13.1. The molecule has 0 radical (unpaired) electrons. The van der Waals surface area contributed by atoms with Crippen LogP contribution in [0.3, 0.4) is 0 Å². The predicted octanol–water partition coefficient (Wildman–Crippen LogP) is 2.67. The van der Waals surface area contributed by atoms with Crippen LogP contribution in [0.1, 0.15) is 5.56 Å². The molecule has 0 saturated heterocycles. The number of hydrogen-bond acceptors (Lipinski definition) is 5. The number of nitro groups is 1. The van der Waals surface area contributed by atoms with Crippen molar-refractivity contribution in [3.63, 3.8) is 0 Å². The van der Waals surface area contributed by atoms with Crippen LogP contribution in [-0.4, -0.2) is 11.5 Å². The van der Waals surface area contributed by atoms with Crippen LogP contribution in [-0.2, 0) is 6.42 Å². The number of nitrogens with one attached hydrogen (secondary N) is 2. The average molecular weight is 290 g/mol. The fourth-order valence-corrected chi connectivity index (χ4v) is 2.03. The van der Waals surface area contributed by atoms with E-state index in [9.17, 15) is 14.5 Å². The molecule has 0 bridgehead atoms. The van der Waals surface area contributed by atoms with Gasteiger partial charge in [-0.2, -0.15) is 0 Å². The van der Waals surface area contributed by atoms with E-state index in [2.05, 4.69) is 10.7 Å². The lowest BCUT2D eigenvalue weighted by atomic mass is 10.1. The Morgan fingerprint density at radius 2 is 1.90 bits per heavy atom. The van der Waals surface area contributed by atoms with Crippen molar-refractivity contribution in [1.82, 2.24) is 0 Å². The van der Waals surface area contributed by atoms with Crippen molar-refractivity contribution in [3.8, 4) is 0 Å². The summed E-state index contributed by atoms with van der Waals surface area (Å²) in [6, 6.07) is 11.0. The molecule has 2 rings (SSSR count). The van der Waals surface area contributed by atoms with Crippen LogP contribution in [0.4, 0.5) is 21.5 Å². The summed E-state index contributed by atoms with van der Waals surface area (Å²) >= 11 is 0. The van der Waals surface area contributed by atoms with E-state index >= 15 is 0 Å². The third-order valence-corrected chi connectivity index (χ3v) is 2.99. The Morgan fingerprint density at radius 3 is 2.57 bits per heavy atom. The molecule has 0 heterocycles. The fourth-order valence-electron chi connectivity index (χ4n) is 2.03. The Morgan fingerprint density at radius 1 is 1.19 bits per heavy atom. The van der Waals surface area contributed by atoms with Gasteiger partial charge in [0.1, 0.15) is 17.2 Å². The molecule has 0 amide bonds. The summed E-state index contributed by atoms with van der Waals surface area (Å²) in [5.41, 5.74) is 3.61. The van der Waals surface area contributed by atoms with Crippen molar-refractivity contribution in [3.05, 3.63) is 64.0 Å². The Labute approximate surface area is 120 Å². The van der Waals surface area contributed by atoms with Crippen LogP contribution >= 0.6 is 0 Å². The third kappa shape index (κ3) is 3.67. The average Bonchev–Trinajstić information content (AvgIpc) is 2.46. The number of para-hydroxylation sites is 1. The minimum Gasteiger partial charge on any atom is -0.379 e. The zero-order chi connectivity index (χ0) is 15.2. The third-order valence-electron chi connectivity index (χ3n) is 2.99. The summed E-state index contributed by atoms with van der Waals surface area (Å²) in [7, 11) is 0. The second-order valence-corrected chi connectivity index (χ2v) is 4.41. The van der Waals surface area contributed by atoms with Crippen molar-refractivity contribution in [2.75, 3.05) is 17.3 Å². The molecule has 0 aliphatic heterocycles. The zero-order valence-electron chi connectivity index (χ0n) is 11.2. The first-order valence-corrected chi connectivity index (χ1v) is 6.34. The second kappa shape index (κ2) is 6.67. The van der Waals surface area contributed by atoms with Crippen LogP contribution in [0.5, 0.6) is 0 Å². The number of hydrogen-bond donors (Lipinski definition) is 3. The number of halogens is 1. The number of nitrogens with zero attached hydrogens (tertiary/aromatic N) is 1. The van der Waals surface area contributed by atoms with Gasteiger partial charge in [-0.05, 0) is 36.2 Å². The maximum Gasteiger partial charge on any atom is 0.316 e. The lowest BCUT2D eigenvalue weighted by Crippen LogP contribution is -2.12. The Balaban J connectivity index is 2.08. The highest BCUT2D eigenvalue weighted by Crippen LogP contribution is 2.31. The zero-order valence-corrected chi connectivity index (χ0v) is 11.2. The first-order chi connectivity index (χ1) is 10.1. The first-order valence-electron chi connectivity index (χ1n) is 6.34. The predicted molar refractivity (Wildman–Crippen MR) is 79.5 cm³/mol. The summed E-state index contributed by atoms with van der Waals surface area (Å²) in [5.74, 6) is 4.97. The summed E-state index contributed by atoms with van der Waals surface area (Å²) in [4.78, 5) is 10.6. The first kappa shape index (κ1) is 14.7. The number of benzene rings is 2. The molecule has 0 fully saturated rings. The molecule has 0 aliphatic carbocycles. The molecule has 0 aromatic heterocycles. The van der Waals surface area contributed by atoms with Crippen LogP contribution in [0.25, 0.3) is 0 Å². The van der Waals surface area contributed by atoms with E-state index in [-0.39, 0.29) is 17.2 Å². The van der Waals surface area contributed by atoms with Crippen molar-refractivity contribution in [1.29, 1.82) is 0 Å². The standard InChI is InChI=1S/C14H15FN4O2/c15-11-4-1-3-10(9-11)7-8-17-12-5-2-6-13(18-16)14(12)19(20)21/h1-6,9,17-18H,7-8,16H2. The minimum atomic E-state index is -0.500. The van der Waals surface area contributed by atoms with Gasteiger partial charge in [-0.3, -0.25) is 16.0 Å². The number of anilines is 2. The van der Waals surface area contributed by atoms with Crippen molar-refractivity contribution in [2.45, 2.75) is 6.42 Å². The van der Waals surface area contributed by atoms with Gasteiger partial charge in [0.2, 0.25) is 0 Å². The molecular weight excluding hydrogens is 275 g/mol. The van der Waals surface area contributed by atoms with Crippen LogP contribution in [0, 0.1) is 15.9 Å². The Bertz CT molecular complexity index is 649. The minimum absolute atomic E-state index is 0.112. The van der Waals surface area contributed by atoms with Crippen LogP contribution in [0.15, 0.2) is 42.5 Å². The number of nitrogen functional groups attached to an aromatic ring is 1. The quantitative estimate of drug-likeness (QED) is 0.432. The Kier molecular flexibility index (Phi) is 4.68. The fraction of sp³-hybridized carbons (Fsp3) is 0.143. The van der Waals surface area contributed by atoms with Gasteiger partial charge in [0.25, 0.3) is 0 Å². The molecular formula is C14H15FN4O2. The molecule has 0 atom stereocenters.